The van der Waals surface area contributed by atoms with E-state index >= 15 is 0 Å². The van der Waals surface area contributed by atoms with Crippen LogP contribution < -0.4 is 11.2 Å². The summed E-state index contributed by atoms with van der Waals surface area (Å²) in [5.41, 5.74) is 4.14. The molecule has 3 aromatic carbocycles. The third-order valence-electron chi connectivity index (χ3n) is 5.36. The van der Waals surface area contributed by atoms with Crippen LogP contribution in [0.4, 0.5) is 5.69 Å². The number of rotatable bonds is 8. The van der Waals surface area contributed by atoms with Crippen LogP contribution in [0.3, 0.4) is 0 Å². The fourth-order valence-electron chi connectivity index (χ4n) is 3.51. The Morgan fingerprint density at radius 3 is 2.54 bits per heavy atom. The van der Waals surface area contributed by atoms with Crippen molar-refractivity contribution in [3.63, 3.8) is 0 Å². The molecule has 3 rings (SSSR count). The second-order valence-corrected chi connectivity index (χ2v) is 10.3. The summed E-state index contributed by atoms with van der Waals surface area (Å²) in [6, 6.07) is 20.8. The predicted octanol–water partition coefficient (Wildman–Crippen LogP) is 3.61. The van der Waals surface area contributed by atoms with Crippen LogP contribution in [0.1, 0.15) is 16.7 Å². The van der Waals surface area contributed by atoms with Gasteiger partial charge in [-0.15, -0.1) is 0 Å². The number of hydrogen-bond acceptors (Lipinski definition) is 7. The second kappa shape index (κ2) is 11.0. The summed E-state index contributed by atoms with van der Waals surface area (Å²) in [7, 11) is -2.50. The van der Waals surface area contributed by atoms with Crippen LogP contribution in [0, 0.1) is 11.3 Å². The number of hydrogen-bond donors (Lipinski definition) is 2. The zero-order valence-electron chi connectivity index (χ0n) is 19.1. The van der Waals surface area contributed by atoms with Crippen molar-refractivity contribution < 1.29 is 13.2 Å². The zero-order valence-corrected chi connectivity index (χ0v) is 20.7. The average Bonchev–Trinajstić information content (AvgIpc) is 2.83. The van der Waals surface area contributed by atoms with Gasteiger partial charge in [0.15, 0.2) is 0 Å². The molecule has 0 heterocycles. The number of anilines is 1. The monoisotopic (exact) mass is 509 g/mol. The Kier molecular flexibility index (Phi) is 8.12. The highest BCUT2D eigenvalue weighted by molar-refractivity contribution is 7.88. The lowest BCUT2D eigenvalue weighted by molar-refractivity contribution is -0.126. The number of benzene rings is 3. The van der Waals surface area contributed by atoms with Crippen LogP contribution in [0.15, 0.2) is 71.8 Å². The molecular weight excluding hydrogens is 486 g/mol. The van der Waals surface area contributed by atoms with Gasteiger partial charge in [0.2, 0.25) is 10.0 Å². The van der Waals surface area contributed by atoms with Gasteiger partial charge in [-0.2, -0.15) is 10.4 Å². The summed E-state index contributed by atoms with van der Waals surface area (Å²) >= 11 is 5.99. The maximum Gasteiger partial charge on any atom is 0.258 e. The third kappa shape index (κ3) is 6.59. The van der Waals surface area contributed by atoms with Gasteiger partial charge in [-0.1, -0.05) is 54.1 Å². The molecule has 0 radical (unpaired) electrons. The maximum atomic E-state index is 13.1. The predicted molar refractivity (Wildman–Crippen MR) is 139 cm³/mol. The van der Waals surface area contributed by atoms with Gasteiger partial charge in [0, 0.05) is 24.2 Å². The number of nitrogens with zero attached hydrogens (tertiary/aromatic N) is 3. The van der Waals surface area contributed by atoms with E-state index in [4.69, 9.17) is 17.4 Å². The van der Waals surface area contributed by atoms with E-state index in [2.05, 4.69) is 16.5 Å². The molecule has 0 aliphatic carbocycles. The number of carbonyl (C=O) groups excluding carboxylic acids is 1. The normalized spacial score (nSPS) is 12.2. The molecule has 3 N–H and O–H groups in total. The van der Waals surface area contributed by atoms with E-state index in [1.54, 1.807) is 30.3 Å². The first-order chi connectivity index (χ1) is 16.6. The molecule has 3 aromatic rings. The van der Waals surface area contributed by atoms with Crippen molar-refractivity contribution in [2.75, 3.05) is 18.6 Å². The van der Waals surface area contributed by atoms with E-state index in [1.807, 2.05) is 36.4 Å². The van der Waals surface area contributed by atoms with Gasteiger partial charge < -0.3 is 11.2 Å². The SMILES string of the molecule is CN(C(=O)[C@H](Cc1cccc(C=NN)c1)Nc1ccc(-c2ccc(Cl)cc2C#N)cc1)S(C)(=O)=O. The zero-order chi connectivity index (χ0) is 25.6. The van der Waals surface area contributed by atoms with Crippen molar-refractivity contribution in [3.05, 3.63) is 88.4 Å². The summed E-state index contributed by atoms with van der Waals surface area (Å²) in [5.74, 6) is 4.64. The van der Waals surface area contributed by atoms with Crippen molar-refractivity contribution >= 4 is 39.4 Å². The standard InChI is InChI=1S/C25H24ClN5O3S/c1-31(35(2,33)34)25(32)24(13-17-4-3-5-18(12-17)16-29-28)30-22-9-6-19(7-10-22)23-11-8-21(26)14-20(23)15-27/h3-12,14,16,24,30H,13,28H2,1-2H3/t24-/m0/s1. The number of nitriles is 1. The molecule has 0 unspecified atom stereocenters. The number of halogens is 1. The summed E-state index contributed by atoms with van der Waals surface area (Å²) in [5, 5.41) is 16.6. The van der Waals surface area contributed by atoms with Crippen molar-refractivity contribution in [1.82, 2.24) is 4.31 Å². The Bertz CT molecular complexity index is 1400. The molecule has 0 aromatic heterocycles. The highest BCUT2D eigenvalue weighted by Crippen LogP contribution is 2.27. The molecule has 35 heavy (non-hydrogen) atoms. The maximum absolute atomic E-state index is 13.1. The number of carbonyl (C=O) groups is 1. The minimum Gasteiger partial charge on any atom is -0.373 e. The van der Waals surface area contributed by atoms with Crippen molar-refractivity contribution in [3.8, 4) is 17.2 Å². The van der Waals surface area contributed by atoms with E-state index in [0.717, 1.165) is 32.8 Å². The van der Waals surface area contributed by atoms with E-state index in [0.29, 0.717) is 16.3 Å². The first-order valence-electron chi connectivity index (χ1n) is 10.5. The molecule has 0 saturated heterocycles. The third-order valence-corrected chi connectivity index (χ3v) is 6.77. The van der Waals surface area contributed by atoms with Gasteiger partial charge in [0.05, 0.1) is 24.1 Å². The minimum atomic E-state index is -3.74. The first kappa shape index (κ1) is 25.7. The van der Waals surface area contributed by atoms with E-state index in [-0.39, 0.29) is 6.42 Å². The van der Waals surface area contributed by atoms with Gasteiger partial charge in [-0.25, -0.2) is 12.7 Å². The van der Waals surface area contributed by atoms with Crippen LogP contribution >= 0.6 is 11.6 Å². The Morgan fingerprint density at radius 1 is 1.20 bits per heavy atom. The number of amides is 1. The van der Waals surface area contributed by atoms with Crippen molar-refractivity contribution in [2.45, 2.75) is 12.5 Å². The van der Waals surface area contributed by atoms with Gasteiger partial charge in [0.25, 0.3) is 5.91 Å². The number of nitrogens with two attached hydrogens (primary N) is 1. The lowest BCUT2D eigenvalue weighted by atomic mass is 9.99. The van der Waals surface area contributed by atoms with Crippen LogP contribution in [0.2, 0.25) is 5.02 Å². The molecule has 0 aliphatic heterocycles. The average molecular weight is 510 g/mol. The highest BCUT2D eigenvalue weighted by Gasteiger charge is 2.27. The van der Waals surface area contributed by atoms with Crippen LogP contribution in [-0.2, 0) is 21.2 Å². The summed E-state index contributed by atoms with van der Waals surface area (Å²) < 4.78 is 24.8. The second-order valence-electron chi connectivity index (χ2n) is 7.87. The topological polar surface area (TPSA) is 129 Å². The largest absolute Gasteiger partial charge is 0.373 e. The molecule has 0 bridgehead atoms. The van der Waals surface area contributed by atoms with Crippen LogP contribution in [0.25, 0.3) is 11.1 Å². The van der Waals surface area contributed by atoms with Crippen LogP contribution in [0.5, 0.6) is 0 Å². The molecule has 10 heteroatoms. The van der Waals surface area contributed by atoms with E-state index in [1.165, 1.54) is 13.3 Å². The molecule has 1 amide bonds. The minimum absolute atomic E-state index is 0.225. The summed E-state index contributed by atoms with van der Waals surface area (Å²) in [6.07, 6.45) is 2.69. The summed E-state index contributed by atoms with van der Waals surface area (Å²) in [4.78, 5) is 13.1. The van der Waals surface area contributed by atoms with Gasteiger partial charge >= 0.3 is 0 Å². The van der Waals surface area contributed by atoms with Crippen LogP contribution in [-0.4, -0.2) is 44.2 Å². The van der Waals surface area contributed by atoms with E-state index < -0.39 is 22.0 Å². The Balaban J connectivity index is 1.90. The Hall–Kier alpha value is -3.87. The number of nitrogens with one attached hydrogen (secondary N) is 1. The molecule has 0 fully saturated rings. The molecule has 1 atom stereocenters. The molecule has 0 saturated carbocycles. The number of hydrazone groups is 1. The lowest BCUT2D eigenvalue weighted by Gasteiger charge is -2.24. The molecule has 180 valence electrons. The van der Waals surface area contributed by atoms with Gasteiger partial charge in [-0.05, 0) is 46.5 Å². The van der Waals surface area contributed by atoms with Gasteiger partial charge in [0.1, 0.15) is 6.04 Å². The molecule has 8 nitrogen and oxygen atoms in total. The smallest absolute Gasteiger partial charge is 0.258 e. The molecular formula is C25H24ClN5O3S. The Morgan fingerprint density at radius 2 is 1.91 bits per heavy atom. The summed E-state index contributed by atoms with van der Waals surface area (Å²) in [6.45, 7) is 0. The first-order valence-corrected chi connectivity index (χ1v) is 12.7. The fraction of sp³-hybridized carbons (Fsp3) is 0.160. The van der Waals surface area contributed by atoms with Crippen molar-refractivity contribution in [2.24, 2.45) is 10.9 Å². The Labute approximate surface area is 209 Å². The molecule has 0 aliphatic rings. The molecule has 0 spiro atoms. The fourth-order valence-corrected chi connectivity index (χ4v) is 4.14. The lowest BCUT2D eigenvalue weighted by Crippen LogP contribution is -2.44. The number of likely N-dealkylation sites (N-methyl/N-ethyl adjacent to an activating group) is 1. The van der Waals surface area contributed by atoms with E-state index in [9.17, 15) is 18.5 Å². The van der Waals surface area contributed by atoms with Crippen molar-refractivity contribution in [1.29, 1.82) is 5.26 Å². The highest BCUT2D eigenvalue weighted by atomic mass is 35.5. The quantitative estimate of drug-likeness (QED) is 0.271. The number of sulfonamides is 1. The van der Waals surface area contributed by atoms with Gasteiger partial charge in [-0.3, -0.25) is 4.79 Å².